The van der Waals surface area contributed by atoms with Crippen LogP contribution in [0.15, 0.2) is 24.3 Å². The normalized spacial score (nSPS) is 17.0. The molecule has 0 N–H and O–H groups in total. The van der Waals surface area contributed by atoms with Gasteiger partial charge in [0, 0.05) is 0 Å². The number of para-hydroxylation sites is 1. The summed E-state index contributed by atoms with van der Waals surface area (Å²) < 4.78 is 10.8. The van der Waals surface area contributed by atoms with Gasteiger partial charge < -0.3 is 9.47 Å². The molecule has 2 heteroatoms. The summed E-state index contributed by atoms with van der Waals surface area (Å²) in [4.78, 5) is 0. The summed E-state index contributed by atoms with van der Waals surface area (Å²) in [5, 5.41) is 0. The lowest BCUT2D eigenvalue weighted by Gasteiger charge is -2.14. The highest BCUT2D eigenvalue weighted by Crippen LogP contribution is 2.19. The van der Waals surface area contributed by atoms with Crippen molar-refractivity contribution in [2.75, 3.05) is 19.8 Å². The first kappa shape index (κ1) is 7.62. The lowest BCUT2D eigenvalue weighted by Crippen LogP contribution is -2.13. The molecule has 0 radical (unpaired) electrons. The molecule has 0 aromatic heterocycles. The van der Waals surface area contributed by atoms with E-state index in [1.165, 1.54) is 5.56 Å². The zero-order valence-corrected chi connectivity index (χ0v) is 6.95. The molecule has 0 atom stereocenters. The molecule has 0 bridgehead atoms. The lowest BCUT2D eigenvalue weighted by molar-refractivity contribution is 0.0933. The highest BCUT2D eigenvalue weighted by atomic mass is 16.5. The molecule has 1 aliphatic rings. The topological polar surface area (TPSA) is 18.5 Å². The fraction of sp³-hybridized carbons (Fsp3) is 0.400. The van der Waals surface area contributed by atoms with Crippen LogP contribution < -0.4 is 4.74 Å². The van der Waals surface area contributed by atoms with Crippen molar-refractivity contribution in [3.05, 3.63) is 29.8 Å². The van der Waals surface area contributed by atoms with E-state index in [2.05, 4.69) is 6.07 Å². The molecule has 1 heterocycles. The van der Waals surface area contributed by atoms with Gasteiger partial charge in [-0.15, -0.1) is 0 Å². The Labute approximate surface area is 72.1 Å². The van der Waals surface area contributed by atoms with Crippen LogP contribution in [-0.4, -0.2) is 19.8 Å². The summed E-state index contributed by atoms with van der Waals surface area (Å²) in [5.41, 5.74) is 1.25. The Morgan fingerprint density at radius 2 is 1.92 bits per heavy atom. The Bertz CT molecular complexity index is 231. The highest BCUT2D eigenvalue weighted by molar-refractivity contribution is 5.33. The molecule has 0 saturated carbocycles. The van der Waals surface area contributed by atoms with E-state index in [4.69, 9.17) is 9.47 Å². The minimum atomic E-state index is 0.664. The van der Waals surface area contributed by atoms with Gasteiger partial charge in [-0.1, -0.05) is 18.2 Å². The van der Waals surface area contributed by atoms with E-state index in [-0.39, 0.29) is 0 Å². The van der Waals surface area contributed by atoms with Crippen molar-refractivity contribution < 1.29 is 9.47 Å². The largest absolute Gasteiger partial charge is 0.491 e. The molecule has 12 heavy (non-hydrogen) atoms. The minimum absolute atomic E-state index is 0.664. The summed E-state index contributed by atoms with van der Waals surface area (Å²) in [6.45, 7) is 2.17. The molecule has 1 aromatic carbocycles. The van der Waals surface area contributed by atoms with Crippen molar-refractivity contribution in [3.63, 3.8) is 0 Å². The lowest BCUT2D eigenvalue weighted by atomic mass is 10.1. The van der Waals surface area contributed by atoms with Gasteiger partial charge in [-0.25, -0.2) is 0 Å². The van der Waals surface area contributed by atoms with E-state index in [1.54, 1.807) is 0 Å². The molecule has 0 spiro atoms. The van der Waals surface area contributed by atoms with Gasteiger partial charge in [0.1, 0.15) is 12.4 Å². The fourth-order valence-corrected chi connectivity index (χ4v) is 1.35. The van der Waals surface area contributed by atoms with Gasteiger partial charge in [-0.05, 0) is 18.1 Å². The van der Waals surface area contributed by atoms with Crippen LogP contribution in [0.4, 0.5) is 0 Å². The number of ether oxygens (including phenoxy) is 2. The molecule has 64 valence electrons. The quantitative estimate of drug-likeness (QED) is 0.580. The monoisotopic (exact) mass is 164 g/mol. The van der Waals surface area contributed by atoms with Gasteiger partial charge in [0.15, 0.2) is 0 Å². The van der Waals surface area contributed by atoms with E-state index in [0.29, 0.717) is 13.2 Å². The second kappa shape index (κ2) is 3.59. The van der Waals surface area contributed by atoms with Crippen LogP contribution in [0.25, 0.3) is 0 Å². The van der Waals surface area contributed by atoms with Crippen molar-refractivity contribution in [1.82, 2.24) is 0 Å². The number of benzene rings is 1. The second-order valence-electron chi connectivity index (χ2n) is 2.82. The average Bonchev–Trinajstić information content (AvgIpc) is 2.06. The Hall–Kier alpha value is -1.02. The highest BCUT2D eigenvalue weighted by Gasteiger charge is 2.05. The van der Waals surface area contributed by atoms with Crippen LogP contribution in [0.2, 0.25) is 0 Å². The molecule has 1 aromatic rings. The molecular weight excluding hydrogens is 152 g/mol. The first-order valence-electron chi connectivity index (χ1n) is 4.25. The average molecular weight is 164 g/mol. The van der Waals surface area contributed by atoms with E-state index in [1.807, 2.05) is 18.2 Å². The van der Waals surface area contributed by atoms with Crippen molar-refractivity contribution in [2.45, 2.75) is 6.42 Å². The standard InChI is InChI=1S/C10H12O2/c1-2-4-10-9(3-1)5-6-11-7-8-12-10/h1-4H,5-8H2. The molecule has 0 unspecified atom stereocenters. The zero-order valence-electron chi connectivity index (χ0n) is 6.95. The van der Waals surface area contributed by atoms with Gasteiger partial charge in [-0.2, -0.15) is 0 Å². The third-order valence-corrected chi connectivity index (χ3v) is 1.97. The maximum atomic E-state index is 5.50. The van der Waals surface area contributed by atoms with Gasteiger partial charge in [-0.3, -0.25) is 0 Å². The summed E-state index contributed by atoms with van der Waals surface area (Å²) in [6, 6.07) is 8.13. The fourth-order valence-electron chi connectivity index (χ4n) is 1.35. The molecule has 1 aliphatic heterocycles. The third-order valence-electron chi connectivity index (χ3n) is 1.97. The molecule has 2 rings (SSSR count). The van der Waals surface area contributed by atoms with Crippen LogP contribution >= 0.6 is 0 Å². The maximum absolute atomic E-state index is 5.50. The predicted molar refractivity (Wildman–Crippen MR) is 46.5 cm³/mol. The number of hydrogen-bond donors (Lipinski definition) is 0. The van der Waals surface area contributed by atoms with E-state index in [9.17, 15) is 0 Å². The number of rotatable bonds is 0. The second-order valence-corrected chi connectivity index (χ2v) is 2.82. The van der Waals surface area contributed by atoms with Gasteiger partial charge >= 0.3 is 0 Å². The van der Waals surface area contributed by atoms with Crippen LogP contribution in [0, 0.1) is 0 Å². The Morgan fingerprint density at radius 3 is 2.92 bits per heavy atom. The van der Waals surface area contributed by atoms with Crippen LogP contribution in [0.5, 0.6) is 5.75 Å². The van der Waals surface area contributed by atoms with Crippen molar-refractivity contribution in [2.24, 2.45) is 0 Å². The van der Waals surface area contributed by atoms with Crippen LogP contribution in [0.1, 0.15) is 5.56 Å². The molecule has 0 amide bonds. The van der Waals surface area contributed by atoms with E-state index in [0.717, 1.165) is 18.8 Å². The maximum Gasteiger partial charge on any atom is 0.122 e. The molecule has 0 aliphatic carbocycles. The molecule has 0 fully saturated rings. The molecular formula is C10H12O2. The van der Waals surface area contributed by atoms with E-state index >= 15 is 0 Å². The number of hydrogen-bond acceptors (Lipinski definition) is 2. The van der Waals surface area contributed by atoms with Crippen LogP contribution in [0.3, 0.4) is 0 Å². The predicted octanol–water partition coefficient (Wildman–Crippen LogP) is 1.64. The summed E-state index contributed by atoms with van der Waals surface area (Å²) in [5.74, 6) is 1.01. The van der Waals surface area contributed by atoms with Gasteiger partial charge in [0.25, 0.3) is 0 Å². The Kier molecular flexibility index (Phi) is 2.28. The minimum Gasteiger partial charge on any atom is -0.491 e. The molecule has 0 saturated heterocycles. The van der Waals surface area contributed by atoms with E-state index < -0.39 is 0 Å². The Morgan fingerprint density at radius 1 is 1.00 bits per heavy atom. The summed E-state index contributed by atoms with van der Waals surface area (Å²) in [6.07, 6.45) is 0.955. The van der Waals surface area contributed by atoms with Crippen molar-refractivity contribution >= 4 is 0 Å². The van der Waals surface area contributed by atoms with Crippen molar-refractivity contribution in [3.8, 4) is 5.75 Å². The van der Waals surface area contributed by atoms with Gasteiger partial charge in [0.05, 0.1) is 13.2 Å². The van der Waals surface area contributed by atoms with Crippen molar-refractivity contribution in [1.29, 1.82) is 0 Å². The SMILES string of the molecule is c1ccc2c(c1)CCOCCO2. The van der Waals surface area contributed by atoms with Crippen LogP contribution in [-0.2, 0) is 11.2 Å². The first-order chi connectivity index (χ1) is 5.97. The number of fused-ring (bicyclic) bond motifs is 1. The van der Waals surface area contributed by atoms with Gasteiger partial charge in [0.2, 0.25) is 0 Å². The smallest absolute Gasteiger partial charge is 0.122 e. The third kappa shape index (κ3) is 1.59. The first-order valence-corrected chi connectivity index (χ1v) is 4.25. The Balaban J connectivity index is 2.24. The summed E-state index contributed by atoms with van der Waals surface area (Å²) >= 11 is 0. The zero-order chi connectivity index (χ0) is 8.23. The molecule has 2 nitrogen and oxygen atoms in total. The summed E-state index contributed by atoms with van der Waals surface area (Å²) in [7, 11) is 0.